The zero-order valence-corrected chi connectivity index (χ0v) is 20.1. The Balaban J connectivity index is 0.00000320. The van der Waals surface area contributed by atoms with E-state index in [4.69, 9.17) is 14.1 Å². The largest absolute Gasteiger partial charge is 0.469 e. The number of nitrogens with zero attached hydrogens (tertiary/aromatic N) is 3. The first kappa shape index (κ1) is 23.9. The molecular formula is C22H30IN5O2. The van der Waals surface area contributed by atoms with Gasteiger partial charge in [0.1, 0.15) is 5.76 Å². The Hall–Kier alpha value is -2.33. The Bertz CT molecular complexity index is 922. The van der Waals surface area contributed by atoms with Crippen LogP contribution in [0.5, 0.6) is 0 Å². The molecule has 0 spiro atoms. The van der Waals surface area contributed by atoms with Gasteiger partial charge in [-0.3, -0.25) is 0 Å². The molecule has 3 aromatic rings. The topological polar surface area (TPSA) is 76.6 Å². The van der Waals surface area contributed by atoms with Crippen molar-refractivity contribution < 1.29 is 9.15 Å². The van der Waals surface area contributed by atoms with Gasteiger partial charge in [-0.2, -0.15) is 5.10 Å². The average Bonchev–Trinajstić information content (AvgIpc) is 3.35. The second kappa shape index (κ2) is 12.4. The molecule has 0 unspecified atom stereocenters. The number of nitrogens with one attached hydrogen (secondary N) is 2. The lowest BCUT2D eigenvalue weighted by Crippen LogP contribution is -2.40. The van der Waals surface area contributed by atoms with Crippen molar-refractivity contribution in [1.82, 2.24) is 20.4 Å². The van der Waals surface area contributed by atoms with Crippen LogP contribution in [0.1, 0.15) is 22.7 Å². The van der Waals surface area contributed by atoms with Crippen LogP contribution in [0.3, 0.4) is 0 Å². The second-order valence-corrected chi connectivity index (χ2v) is 6.81. The average molecular weight is 523 g/mol. The van der Waals surface area contributed by atoms with Crippen molar-refractivity contribution >= 4 is 29.9 Å². The van der Waals surface area contributed by atoms with E-state index in [2.05, 4.69) is 40.9 Å². The second-order valence-electron chi connectivity index (χ2n) is 6.81. The van der Waals surface area contributed by atoms with Crippen molar-refractivity contribution in [2.45, 2.75) is 26.8 Å². The number of aryl methyl sites for hydroxylation is 2. The zero-order valence-electron chi connectivity index (χ0n) is 17.7. The molecule has 0 aliphatic rings. The van der Waals surface area contributed by atoms with E-state index in [0.29, 0.717) is 19.7 Å². The molecule has 0 aliphatic carbocycles. The molecule has 2 N–H and O–H groups in total. The van der Waals surface area contributed by atoms with Gasteiger partial charge in [-0.05, 0) is 43.7 Å². The van der Waals surface area contributed by atoms with Crippen LogP contribution in [0.4, 0.5) is 0 Å². The van der Waals surface area contributed by atoms with Crippen LogP contribution in [-0.2, 0) is 17.7 Å². The predicted octanol–water partition coefficient (Wildman–Crippen LogP) is 3.62. The van der Waals surface area contributed by atoms with E-state index in [-0.39, 0.29) is 24.0 Å². The van der Waals surface area contributed by atoms with Crippen LogP contribution >= 0.6 is 24.0 Å². The lowest BCUT2D eigenvalue weighted by molar-refractivity contribution is 0.203. The van der Waals surface area contributed by atoms with E-state index < -0.39 is 0 Å². The number of ether oxygens (including phenoxy) is 1. The lowest BCUT2D eigenvalue weighted by Gasteiger charge is -2.13. The standard InChI is InChI=1S/C22H29N5O2.HI/c1-17-15-18(2)27(26-17)21-9-5-4-7-19(21)16-25-22(24-12-14-28-3)23-11-10-20-8-6-13-29-20;/h4-9,13,15H,10-12,14,16H2,1-3H3,(H2,23,24,25);1H. The molecule has 0 bridgehead atoms. The summed E-state index contributed by atoms with van der Waals surface area (Å²) < 4.78 is 12.5. The third-order valence-corrected chi connectivity index (χ3v) is 4.48. The highest BCUT2D eigenvalue weighted by atomic mass is 127. The van der Waals surface area contributed by atoms with Crippen molar-refractivity contribution in [3.63, 3.8) is 0 Å². The molecule has 2 heterocycles. The molecule has 1 aromatic carbocycles. The van der Waals surface area contributed by atoms with Gasteiger partial charge >= 0.3 is 0 Å². The zero-order chi connectivity index (χ0) is 20.5. The summed E-state index contributed by atoms with van der Waals surface area (Å²) in [5, 5.41) is 11.3. The Kier molecular flexibility index (Phi) is 9.88. The molecule has 8 heteroatoms. The number of methoxy groups -OCH3 is 1. The van der Waals surface area contributed by atoms with Gasteiger partial charge in [-0.25, -0.2) is 9.67 Å². The summed E-state index contributed by atoms with van der Waals surface area (Å²) in [6.07, 6.45) is 2.48. The van der Waals surface area contributed by atoms with Gasteiger partial charge in [-0.15, -0.1) is 24.0 Å². The number of aromatic nitrogens is 2. The Morgan fingerprint density at radius 3 is 2.63 bits per heavy atom. The van der Waals surface area contributed by atoms with E-state index in [1.54, 1.807) is 13.4 Å². The number of rotatable bonds is 9. The lowest BCUT2D eigenvalue weighted by atomic mass is 10.2. The van der Waals surface area contributed by atoms with Gasteiger partial charge in [0.25, 0.3) is 0 Å². The molecular weight excluding hydrogens is 493 g/mol. The fourth-order valence-electron chi connectivity index (χ4n) is 3.09. The Morgan fingerprint density at radius 1 is 1.13 bits per heavy atom. The van der Waals surface area contributed by atoms with Gasteiger partial charge in [0.05, 0.1) is 30.8 Å². The normalized spacial score (nSPS) is 11.2. The summed E-state index contributed by atoms with van der Waals surface area (Å²) in [4.78, 5) is 4.77. The molecule has 0 saturated carbocycles. The molecule has 0 radical (unpaired) electrons. The molecule has 2 aromatic heterocycles. The van der Waals surface area contributed by atoms with Crippen LogP contribution in [-0.4, -0.2) is 42.5 Å². The summed E-state index contributed by atoms with van der Waals surface area (Å²) in [6, 6.07) is 14.2. The van der Waals surface area contributed by atoms with Gasteiger partial charge in [-0.1, -0.05) is 18.2 Å². The molecule has 0 aliphatic heterocycles. The van der Waals surface area contributed by atoms with E-state index >= 15 is 0 Å². The number of hydrogen-bond donors (Lipinski definition) is 2. The number of para-hydroxylation sites is 1. The van der Waals surface area contributed by atoms with Gasteiger partial charge in [0.2, 0.25) is 0 Å². The number of furan rings is 1. The summed E-state index contributed by atoms with van der Waals surface area (Å²) in [6.45, 7) is 6.63. The quantitative estimate of drug-likeness (QED) is 0.194. The molecule has 0 atom stereocenters. The third-order valence-electron chi connectivity index (χ3n) is 4.48. The molecule has 0 amide bonds. The minimum absolute atomic E-state index is 0. The fraction of sp³-hybridized carbons (Fsp3) is 0.364. The highest BCUT2D eigenvalue weighted by molar-refractivity contribution is 14.0. The molecule has 3 rings (SSSR count). The van der Waals surface area contributed by atoms with Crippen molar-refractivity contribution in [2.24, 2.45) is 4.99 Å². The van der Waals surface area contributed by atoms with E-state index in [1.807, 2.05) is 35.9 Å². The molecule has 162 valence electrons. The number of hydrogen-bond acceptors (Lipinski definition) is 4. The Labute approximate surface area is 194 Å². The van der Waals surface area contributed by atoms with Gasteiger partial charge < -0.3 is 19.8 Å². The van der Waals surface area contributed by atoms with Crippen LogP contribution in [0.25, 0.3) is 5.69 Å². The molecule has 0 fully saturated rings. The van der Waals surface area contributed by atoms with Crippen LogP contribution in [0.15, 0.2) is 58.1 Å². The minimum Gasteiger partial charge on any atom is -0.469 e. The smallest absolute Gasteiger partial charge is 0.191 e. The van der Waals surface area contributed by atoms with E-state index in [0.717, 1.165) is 47.3 Å². The van der Waals surface area contributed by atoms with Gasteiger partial charge in [0, 0.05) is 32.3 Å². The van der Waals surface area contributed by atoms with Crippen molar-refractivity contribution in [2.75, 3.05) is 26.8 Å². The maximum atomic E-state index is 5.39. The predicted molar refractivity (Wildman–Crippen MR) is 130 cm³/mol. The summed E-state index contributed by atoms with van der Waals surface area (Å²) in [7, 11) is 1.69. The number of benzene rings is 1. The third kappa shape index (κ3) is 6.88. The molecule has 30 heavy (non-hydrogen) atoms. The van der Waals surface area contributed by atoms with Crippen molar-refractivity contribution in [3.05, 3.63) is 71.4 Å². The Morgan fingerprint density at radius 2 is 1.93 bits per heavy atom. The maximum absolute atomic E-state index is 5.39. The van der Waals surface area contributed by atoms with Gasteiger partial charge in [0.15, 0.2) is 5.96 Å². The van der Waals surface area contributed by atoms with E-state index in [9.17, 15) is 0 Å². The summed E-state index contributed by atoms with van der Waals surface area (Å²) >= 11 is 0. The molecule has 7 nitrogen and oxygen atoms in total. The number of halogens is 1. The fourth-order valence-corrected chi connectivity index (χ4v) is 3.09. The maximum Gasteiger partial charge on any atom is 0.191 e. The first-order valence-corrected chi connectivity index (χ1v) is 9.82. The number of aliphatic imine (C=N–C) groups is 1. The number of guanidine groups is 1. The molecule has 0 saturated heterocycles. The van der Waals surface area contributed by atoms with E-state index in [1.165, 1.54) is 0 Å². The highest BCUT2D eigenvalue weighted by Gasteiger charge is 2.09. The highest BCUT2D eigenvalue weighted by Crippen LogP contribution is 2.17. The summed E-state index contributed by atoms with van der Waals surface area (Å²) in [5.41, 5.74) is 4.27. The first-order chi connectivity index (χ1) is 14.2. The minimum atomic E-state index is 0. The van der Waals surface area contributed by atoms with Crippen LogP contribution < -0.4 is 10.6 Å². The van der Waals surface area contributed by atoms with Crippen molar-refractivity contribution in [3.8, 4) is 5.69 Å². The van der Waals surface area contributed by atoms with Crippen LogP contribution in [0.2, 0.25) is 0 Å². The monoisotopic (exact) mass is 523 g/mol. The summed E-state index contributed by atoms with van der Waals surface area (Å²) in [5.74, 6) is 1.69. The first-order valence-electron chi connectivity index (χ1n) is 9.82. The SMILES string of the molecule is COCCNC(=NCc1ccccc1-n1nc(C)cc1C)NCCc1ccco1.I. The van der Waals surface area contributed by atoms with Crippen LogP contribution in [0, 0.1) is 13.8 Å². The van der Waals surface area contributed by atoms with Crippen molar-refractivity contribution in [1.29, 1.82) is 0 Å².